The van der Waals surface area contributed by atoms with Crippen LogP contribution in [0.4, 0.5) is 0 Å². The van der Waals surface area contributed by atoms with Gasteiger partial charge in [-0.3, -0.25) is 4.84 Å². The van der Waals surface area contributed by atoms with Crippen molar-refractivity contribution in [2.45, 2.75) is 39.8 Å². The van der Waals surface area contributed by atoms with Gasteiger partial charge in [0.2, 0.25) is 0 Å². The first-order valence-electron chi connectivity index (χ1n) is 5.47. The second kappa shape index (κ2) is 5.32. The topological polar surface area (TPSA) is 30.5 Å². The Kier molecular flexibility index (Phi) is 4.33. The van der Waals surface area contributed by atoms with Gasteiger partial charge >= 0.3 is 0 Å². The number of methoxy groups -OCH3 is 1. The van der Waals surface area contributed by atoms with Crippen molar-refractivity contribution in [3.63, 3.8) is 0 Å². The van der Waals surface area contributed by atoms with Gasteiger partial charge in [-0.15, -0.1) is 0 Å². The number of ether oxygens (including phenoxy) is 1. The highest BCUT2D eigenvalue weighted by Crippen LogP contribution is 2.18. The predicted octanol–water partition coefficient (Wildman–Crippen LogP) is 2.82. The van der Waals surface area contributed by atoms with E-state index in [1.165, 1.54) is 5.56 Å². The Labute approximate surface area is 97.7 Å². The molecule has 1 N–H and O–H groups in total. The number of hydroxylamine groups is 1. The monoisotopic (exact) mass is 223 g/mol. The van der Waals surface area contributed by atoms with Crippen molar-refractivity contribution in [3.05, 3.63) is 29.3 Å². The number of benzene rings is 1. The first-order chi connectivity index (χ1) is 7.42. The molecule has 90 valence electrons. The van der Waals surface area contributed by atoms with E-state index in [1.807, 2.05) is 39.8 Å². The Balaban J connectivity index is 2.52. The fraction of sp³-hybridized carbons (Fsp3) is 0.538. The lowest BCUT2D eigenvalue weighted by atomic mass is 10.1. The number of rotatable bonds is 4. The van der Waals surface area contributed by atoms with Gasteiger partial charge in [0.15, 0.2) is 0 Å². The zero-order valence-corrected chi connectivity index (χ0v) is 10.8. The molecular weight excluding hydrogens is 202 g/mol. The SMILES string of the molecule is COc1ccc(CNOC(C)(C)C)cc1C. The van der Waals surface area contributed by atoms with Crippen LogP contribution >= 0.6 is 0 Å². The largest absolute Gasteiger partial charge is 0.496 e. The minimum absolute atomic E-state index is 0.165. The van der Waals surface area contributed by atoms with Crippen LogP contribution in [0.3, 0.4) is 0 Å². The van der Waals surface area contributed by atoms with E-state index in [0.717, 1.165) is 11.3 Å². The molecule has 0 aliphatic rings. The average molecular weight is 223 g/mol. The van der Waals surface area contributed by atoms with Crippen molar-refractivity contribution in [2.75, 3.05) is 7.11 Å². The number of hydrogen-bond donors (Lipinski definition) is 1. The molecule has 0 saturated carbocycles. The molecule has 0 amide bonds. The predicted molar refractivity (Wildman–Crippen MR) is 65.4 cm³/mol. The lowest BCUT2D eigenvalue weighted by molar-refractivity contribution is -0.0757. The lowest BCUT2D eigenvalue weighted by Gasteiger charge is -2.19. The maximum atomic E-state index is 5.45. The molecule has 0 radical (unpaired) electrons. The Morgan fingerprint density at radius 2 is 1.94 bits per heavy atom. The first-order valence-corrected chi connectivity index (χ1v) is 5.47. The highest BCUT2D eigenvalue weighted by atomic mass is 16.7. The minimum atomic E-state index is -0.165. The fourth-order valence-electron chi connectivity index (χ4n) is 1.39. The third-order valence-electron chi connectivity index (χ3n) is 2.11. The van der Waals surface area contributed by atoms with Gasteiger partial charge in [-0.1, -0.05) is 12.1 Å². The Bertz CT molecular complexity index is 342. The summed E-state index contributed by atoms with van der Waals surface area (Å²) < 4.78 is 5.21. The standard InChI is InChI=1S/C13H21NO2/c1-10-8-11(6-7-12(10)15-5)9-14-16-13(2,3)4/h6-8,14H,9H2,1-5H3. The summed E-state index contributed by atoms with van der Waals surface area (Å²) in [6, 6.07) is 6.10. The molecule has 0 aliphatic carbocycles. The summed E-state index contributed by atoms with van der Waals surface area (Å²) in [6.45, 7) is 8.77. The molecular formula is C13H21NO2. The molecule has 0 aromatic heterocycles. The summed E-state index contributed by atoms with van der Waals surface area (Å²) in [5.41, 5.74) is 5.12. The summed E-state index contributed by atoms with van der Waals surface area (Å²) in [4.78, 5) is 5.45. The summed E-state index contributed by atoms with van der Waals surface area (Å²) in [5, 5.41) is 0. The quantitative estimate of drug-likeness (QED) is 0.796. The van der Waals surface area contributed by atoms with Crippen LogP contribution in [-0.2, 0) is 11.4 Å². The van der Waals surface area contributed by atoms with Gasteiger partial charge in [-0.05, 0) is 44.9 Å². The molecule has 1 rings (SSSR count). The van der Waals surface area contributed by atoms with Gasteiger partial charge in [0, 0.05) is 6.54 Å². The van der Waals surface area contributed by atoms with E-state index in [0.29, 0.717) is 6.54 Å². The first kappa shape index (κ1) is 13.0. The second-order valence-corrected chi connectivity index (χ2v) is 4.84. The molecule has 0 bridgehead atoms. The van der Waals surface area contributed by atoms with Crippen LogP contribution in [0.15, 0.2) is 18.2 Å². The fourth-order valence-corrected chi connectivity index (χ4v) is 1.39. The Morgan fingerprint density at radius 1 is 1.25 bits per heavy atom. The maximum absolute atomic E-state index is 5.45. The molecule has 0 heterocycles. The highest BCUT2D eigenvalue weighted by molar-refractivity contribution is 5.35. The van der Waals surface area contributed by atoms with Gasteiger partial charge in [0.05, 0.1) is 12.7 Å². The van der Waals surface area contributed by atoms with Gasteiger partial charge in [0.25, 0.3) is 0 Å². The van der Waals surface area contributed by atoms with Crippen LogP contribution in [0.1, 0.15) is 31.9 Å². The van der Waals surface area contributed by atoms with E-state index in [9.17, 15) is 0 Å². The molecule has 0 unspecified atom stereocenters. The summed E-state index contributed by atoms with van der Waals surface area (Å²) in [5.74, 6) is 0.917. The molecule has 0 spiro atoms. The summed E-state index contributed by atoms with van der Waals surface area (Å²) >= 11 is 0. The number of hydrogen-bond acceptors (Lipinski definition) is 3. The normalized spacial score (nSPS) is 11.6. The van der Waals surface area contributed by atoms with E-state index >= 15 is 0 Å². The lowest BCUT2D eigenvalue weighted by Crippen LogP contribution is -2.28. The maximum Gasteiger partial charge on any atom is 0.121 e. The van der Waals surface area contributed by atoms with Gasteiger partial charge in [-0.2, -0.15) is 5.48 Å². The van der Waals surface area contributed by atoms with E-state index < -0.39 is 0 Å². The van der Waals surface area contributed by atoms with E-state index in [4.69, 9.17) is 9.57 Å². The van der Waals surface area contributed by atoms with Crippen molar-refractivity contribution in [1.82, 2.24) is 5.48 Å². The van der Waals surface area contributed by atoms with Crippen molar-refractivity contribution in [1.29, 1.82) is 0 Å². The molecule has 1 aromatic rings. The van der Waals surface area contributed by atoms with E-state index in [-0.39, 0.29) is 5.60 Å². The van der Waals surface area contributed by atoms with Crippen LogP contribution in [0.5, 0.6) is 5.75 Å². The molecule has 0 atom stereocenters. The summed E-state index contributed by atoms with van der Waals surface area (Å²) in [7, 11) is 1.68. The molecule has 1 aromatic carbocycles. The van der Waals surface area contributed by atoms with E-state index in [1.54, 1.807) is 7.11 Å². The highest BCUT2D eigenvalue weighted by Gasteiger charge is 2.09. The van der Waals surface area contributed by atoms with Gasteiger partial charge in [0.1, 0.15) is 5.75 Å². The molecule has 0 aliphatic heterocycles. The van der Waals surface area contributed by atoms with Crippen LogP contribution in [0.25, 0.3) is 0 Å². The van der Waals surface area contributed by atoms with Crippen LogP contribution in [0, 0.1) is 6.92 Å². The van der Waals surface area contributed by atoms with Crippen molar-refractivity contribution in [2.24, 2.45) is 0 Å². The third-order valence-corrected chi connectivity index (χ3v) is 2.11. The zero-order valence-electron chi connectivity index (χ0n) is 10.8. The average Bonchev–Trinajstić information content (AvgIpc) is 2.16. The van der Waals surface area contributed by atoms with Crippen molar-refractivity contribution < 1.29 is 9.57 Å². The molecule has 0 saturated heterocycles. The van der Waals surface area contributed by atoms with Crippen molar-refractivity contribution >= 4 is 0 Å². The minimum Gasteiger partial charge on any atom is -0.496 e. The number of aryl methyl sites for hydroxylation is 1. The Morgan fingerprint density at radius 3 is 2.44 bits per heavy atom. The molecule has 0 fully saturated rings. The van der Waals surface area contributed by atoms with Crippen LogP contribution < -0.4 is 10.2 Å². The van der Waals surface area contributed by atoms with Gasteiger partial charge in [-0.25, -0.2) is 0 Å². The summed E-state index contributed by atoms with van der Waals surface area (Å²) in [6.07, 6.45) is 0. The van der Waals surface area contributed by atoms with Crippen LogP contribution in [-0.4, -0.2) is 12.7 Å². The van der Waals surface area contributed by atoms with E-state index in [2.05, 4.69) is 11.5 Å². The Hall–Kier alpha value is -1.06. The molecule has 3 nitrogen and oxygen atoms in total. The zero-order chi connectivity index (χ0) is 12.2. The molecule has 3 heteroatoms. The second-order valence-electron chi connectivity index (χ2n) is 4.84. The molecule has 16 heavy (non-hydrogen) atoms. The van der Waals surface area contributed by atoms with Crippen molar-refractivity contribution in [3.8, 4) is 5.75 Å². The number of nitrogens with one attached hydrogen (secondary N) is 1. The third kappa shape index (κ3) is 4.21. The smallest absolute Gasteiger partial charge is 0.121 e. The van der Waals surface area contributed by atoms with Gasteiger partial charge < -0.3 is 4.74 Å². The van der Waals surface area contributed by atoms with Crippen LogP contribution in [0.2, 0.25) is 0 Å².